The van der Waals surface area contributed by atoms with Crippen molar-refractivity contribution in [2.24, 2.45) is 4.99 Å². The van der Waals surface area contributed by atoms with E-state index in [0.29, 0.717) is 0 Å². The van der Waals surface area contributed by atoms with Crippen molar-refractivity contribution in [2.45, 2.75) is 4.90 Å². The van der Waals surface area contributed by atoms with Crippen LogP contribution in [0.25, 0.3) is 0 Å². The van der Waals surface area contributed by atoms with Crippen molar-refractivity contribution in [3.8, 4) is 0 Å². The molecule has 3 heteroatoms. The van der Waals surface area contributed by atoms with Gasteiger partial charge in [-0.25, -0.2) is 0 Å². The van der Waals surface area contributed by atoms with Crippen molar-refractivity contribution in [1.82, 2.24) is 0 Å². The summed E-state index contributed by atoms with van der Waals surface area (Å²) in [4.78, 5) is 4.97. The molecule has 1 aromatic carbocycles. The lowest BCUT2D eigenvalue weighted by molar-refractivity contribution is 1.40. The number of thiol groups is 1. The Kier molecular flexibility index (Phi) is 2.91. The van der Waals surface area contributed by atoms with Gasteiger partial charge in [-0.2, -0.15) is 0 Å². The lowest BCUT2D eigenvalue weighted by Crippen LogP contribution is -1.66. The zero-order chi connectivity index (χ0) is 7.40. The first-order valence-corrected chi connectivity index (χ1v) is 3.98. The molecule has 0 aromatic heterocycles. The van der Waals surface area contributed by atoms with Crippen LogP contribution in [0.2, 0.25) is 0 Å². The molecule has 1 unspecified atom stereocenters. The van der Waals surface area contributed by atoms with Crippen LogP contribution in [-0.4, -0.2) is 5.96 Å². The fraction of sp³-hybridized carbons (Fsp3) is 0. The topological polar surface area (TPSA) is 12.4 Å². The van der Waals surface area contributed by atoms with Crippen molar-refractivity contribution < 1.29 is 0 Å². The largest absolute Gasteiger partial charge is 0.256 e. The third-order valence-electron chi connectivity index (χ3n) is 1.10. The SMILES string of the molecule is PC=Nc1ccccc1S. The van der Waals surface area contributed by atoms with Gasteiger partial charge in [0.05, 0.1) is 5.69 Å². The quantitative estimate of drug-likeness (QED) is 0.377. The highest BCUT2D eigenvalue weighted by molar-refractivity contribution is 7.80. The number of rotatable bonds is 1. The third-order valence-corrected chi connectivity index (χ3v) is 1.62. The maximum Gasteiger partial charge on any atom is 0.0762 e. The molecular weight excluding hydrogens is 161 g/mol. The molecule has 0 fully saturated rings. The average Bonchev–Trinajstić information content (AvgIpc) is 1.94. The monoisotopic (exact) mass is 169 g/mol. The lowest BCUT2D eigenvalue weighted by Gasteiger charge is -1.94. The highest BCUT2D eigenvalue weighted by Crippen LogP contribution is 2.21. The van der Waals surface area contributed by atoms with Crippen molar-refractivity contribution in [3.05, 3.63) is 24.3 Å². The summed E-state index contributed by atoms with van der Waals surface area (Å²) in [6.07, 6.45) is 0. The van der Waals surface area contributed by atoms with Crippen LogP contribution in [0.3, 0.4) is 0 Å². The van der Waals surface area contributed by atoms with E-state index in [0.717, 1.165) is 10.6 Å². The van der Waals surface area contributed by atoms with E-state index in [1.807, 2.05) is 24.3 Å². The van der Waals surface area contributed by atoms with Crippen molar-refractivity contribution in [1.29, 1.82) is 0 Å². The third kappa shape index (κ3) is 1.83. The van der Waals surface area contributed by atoms with Crippen LogP contribution < -0.4 is 0 Å². The van der Waals surface area contributed by atoms with Crippen LogP contribution in [0.5, 0.6) is 0 Å². The van der Waals surface area contributed by atoms with E-state index in [2.05, 4.69) is 26.9 Å². The van der Waals surface area contributed by atoms with Crippen LogP contribution in [0.4, 0.5) is 5.69 Å². The number of para-hydroxylation sites is 1. The molecule has 0 saturated heterocycles. The Morgan fingerprint density at radius 3 is 2.70 bits per heavy atom. The van der Waals surface area contributed by atoms with E-state index in [4.69, 9.17) is 0 Å². The van der Waals surface area contributed by atoms with E-state index >= 15 is 0 Å². The summed E-state index contributed by atoms with van der Waals surface area (Å²) in [5.41, 5.74) is 0.904. The molecule has 0 aliphatic heterocycles. The lowest BCUT2D eigenvalue weighted by atomic mass is 10.3. The predicted molar refractivity (Wildman–Crippen MR) is 51.6 cm³/mol. The Labute approximate surface area is 68.2 Å². The number of nitrogens with zero attached hydrogens (tertiary/aromatic N) is 1. The smallest absolute Gasteiger partial charge is 0.0762 e. The first kappa shape index (κ1) is 7.77. The molecule has 0 saturated carbocycles. The maximum atomic E-state index is 4.21. The molecule has 10 heavy (non-hydrogen) atoms. The Hall–Kier alpha value is -0.330. The predicted octanol–water partition coefficient (Wildman–Crippen LogP) is 2.51. The van der Waals surface area contributed by atoms with Gasteiger partial charge in [-0.3, -0.25) is 4.99 Å². The van der Waals surface area contributed by atoms with Gasteiger partial charge in [-0.05, 0) is 12.1 Å². The molecule has 1 aromatic rings. The average molecular weight is 169 g/mol. The standard InChI is InChI=1S/C7H8NPS/c9-5-8-6-3-1-2-4-7(6)10/h1-5,10H,9H2. The van der Waals surface area contributed by atoms with Crippen LogP contribution in [-0.2, 0) is 0 Å². The molecule has 0 heterocycles. The number of aliphatic imine (C=N–C) groups is 1. The summed E-state index contributed by atoms with van der Waals surface area (Å²) in [6, 6.07) is 7.70. The molecular formula is C7H8NPS. The molecule has 0 spiro atoms. The first-order chi connectivity index (χ1) is 4.84. The molecule has 0 amide bonds. The van der Waals surface area contributed by atoms with Crippen LogP contribution in [0, 0.1) is 0 Å². The fourth-order valence-electron chi connectivity index (χ4n) is 0.654. The number of hydrogen-bond donors (Lipinski definition) is 1. The van der Waals surface area contributed by atoms with Crippen LogP contribution >= 0.6 is 21.9 Å². The van der Waals surface area contributed by atoms with Gasteiger partial charge in [0.25, 0.3) is 0 Å². The molecule has 0 N–H and O–H groups in total. The van der Waals surface area contributed by atoms with E-state index in [-0.39, 0.29) is 0 Å². The van der Waals surface area contributed by atoms with Crippen LogP contribution in [0.1, 0.15) is 0 Å². The molecule has 0 aliphatic carbocycles. The minimum Gasteiger partial charge on any atom is -0.256 e. The van der Waals surface area contributed by atoms with Crippen molar-refractivity contribution in [2.75, 3.05) is 0 Å². The molecule has 0 aliphatic rings. The maximum absolute atomic E-state index is 4.21. The molecule has 0 radical (unpaired) electrons. The van der Waals surface area contributed by atoms with Gasteiger partial charge in [0.1, 0.15) is 0 Å². The van der Waals surface area contributed by atoms with E-state index < -0.39 is 0 Å². The second-order valence-electron chi connectivity index (χ2n) is 1.77. The zero-order valence-electron chi connectivity index (χ0n) is 5.36. The van der Waals surface area contributed by atoms with Crippen molar-refractivity contribution in [3.63, 3.8) is 0 Å². The first-order valence-electron chi connectivity index (χ1n) is 2.87. The van der Waals surface area contributed by atoms with Gasteiger partial charge in [-0.15, -0.1) is 12.6 Å². The summed E-state index contributed by atoms with van der Waals surface area (Å²) in [6.45, 7) is 0. The van der Waals surface area contributed by atoms with E-state index in [1.54, 1.807) is 5.96 Å². The summed E-state index contributed by atoms with van der Waals surface area (Å²) in [5, 5.41) is 0. The second kappa shape index (κ2) is 3.75. The highest BCUT2D eigenvalue weighted by atomic mass is 32.1. The highest BCUT2D eigenvalue weighted by Gasteiger charge is 1.90. The van der Waals surface area contributed by atoms with Crippen molar-refractivity contribution >= 4 is 33.5 Å². The van der Waals surface area contributed by atoms with Gasteiger partial charge in [0.15, 0.2) is 0 Å². The Morgan fingerprint density at radius 2 is 2.10 bits per heavy atom. The Balaban J connectivity index is 3.03. The van der Waals surface area contributed by atoms with Gasteiger partial charge in [0, 0.05) is 10.9 Å². The minimum absolute atomic E-state index is 0.904. The number of hydrogen-bond acceptors (Lipinski definition) is 2. The second-order valence-corrected chi connectivity index (χ2v) is 2.55. The molecule has 1 rings (SSSR count). The minimum atomic E-state index is 0.904. The van der Waals surface area contributed by atoms with Gasteiger partial charge in [-0.1, -0.05) is 21.4 Å². The summed E-state index contributed by atoms with van der Waals surface area (Å²) < 4.78 is 0. The summed E-state index contributed by atoms with van der Waals surface area (Å²) in [7, 11) is 2.42. The Morgan fingerprint density at radius 1 is 1.40 bits per heavy atom. The molecule has 1 nitrogen and oxygen atoms in total. The Bertz CT molecular complexity index is 247. The molecule has 52 valence electrons. The van der Waals surface area contributed by atoms with Crippen LogP contribution in [0.15, 0.2) is 34.2 Å². The van der Waals surface area contributed by atoms with Gasteiger partial charge >= 0.3 is 0 Å². The number of benzene rings is 1. The molecule has 0 bridgehead atoms. The zero-order valence-corrected chi connectivity index (χ0v) is 7.41. The van der Waals surface area contributed by atoms with Gasteiger partial charge in [0.2, 0.25) is 0 Å². The fourth-order valence-corrected chi connectivity index (χ4v) is 1.03. The van der Waals surface area contributed by atoms with E-state index in [1.165, 1.54) is 0 Å². The normalized spacial score (nSPS) is 10.6. The summed E-state index contributed by atoms with van der Waals surface area (Å²) >= 11 is 4.21. The summed E-state index contributed by atoms with van der Waals surface area (Å²) in [5.74, 6) is 1.68. The van der Waals surface area contributed by atoms with Gasteiger partial charge < -0.3 is 0 Å². The van der Waals surface area contributed by atoms with E-state index in [9.17, 15) is 0 Å². The molecule has 1 atom stereocenters.